The second-order valence-electron chi connectivity index (χ2n) is 41.7. The number of pyridine rings is 6. The first-order chi connectivity index (χ1) is 71.5. The summed E-state index contributed by atoms with van der Waals surface area (Å²) in [5, 5.41) is 6.90. The van der Waals surface area contributed by atoms with E-state index in [-0.39, 0.29) is 57.8 Å². The molecular weight excluding hydrogens is 1820 g/mol. The molecule has 0 atom stereocenters. The average molecular weight is 1920 g/mol. The van der Waals surface area contributed by atoms with E-state index in [9.17, 15) is 28.8 Å². The van der Waals surface area contributed by atoms with Crippen LogP contribution in [0.1, 0.15) is 152 Å². The summed E-state index contributed by atoms with van der Waals surface area (Å²) < 4.78 is 20.1. The standard InChI is InChI=1S/C50H30BNO3.C41H36BNO3.C41H36BNO2S/c53-48-35-22-10-13-25-42(35)52-43-26-14-11-23-36(43)49(54)45-47(52)39(48)30-41-50(45)55-44-27-15-12-24-40(44)51(41)46-37(32-18-6-2-7-19-32)28-34(31-16-4-1-5-17-31)29-38(46)33-20-8-3-9-21-33;2*1-22(2)25-19-28(23(3)4)37(29(20-25)24(5)6)42-31-15-9-12-18-35(31)46-41-32(42)21-30-38-36(41)40(45)27-14-8-11-17-34(27)43(38)33-16-10-7-13-26(33)39(30)44/h1-30H;2*7-24H,1-6H3. The molecule has 147 heavy (non-hydrogen) atoms. The average Bonchev–Trinajstić information content (AvgIpc) is 0.695. The van der Waals surface area contributed by atoms with Crippen LogP contribution in [0.2, 0.25) is 0 Å². The number of benzene rings is 18. The van der Waals surface area contributed by atoms with E-state index < -0.39 is 6.71 Å². The molecule has 0 radical (unpaired) electrons. The van der Waals surface area contributed by atoms with E-state index >= 15 is 0 Å². The van der Waals surface area contributed by atoms with Gasteiger partial charge in [-0.15, -0.1) is 0 Å². The third-order valence-corrected chi connectivity index (χ3v) is 32.4. The van der Waals surface area contributed by atoms with Gasteiger partial charge in [-0.2, -0.15) is 0 Å². The molecule has 708 valence electrons. The van der Waals surface area contributed by atoms with Gasteiger partial charge in [0.25, 0.3) is 13.4 Å². The fourth-order valence-electron chi connectivity index (χ4n) is 24.3. The van der Waals surface area contributed by atoms with Crippen molar-refractivity contribution in [2.75, 3.05) is 0 Å². The maximum atomic E-state index is 15.0. The lowest BCUT2D eigenvalue weighted by molar-refractivity contribution is 0.492. The molecule has 0 spiro atoms. The highest BCUT2D eigenvalue weighted by atomic mass is 32.2. The van der Waals surface area contributed by atoms with Crippen molar-refractivity contribution in [2.45, 2.75) is 128 Å². The lowest BCUT2D eigenvalue weighted by atomic mass is 9.33. The Kier molecular flexibility index (Phi) is 22.3. The van der Waals surface area contributed by atoms with E-state index in [1.165, 1.54) is 49.8 Å². The summed E-state index contributed by atoms with van der Waals surface area (Å²) >= 11 is 1.68. The van der Waals surface area contributed by atoms with Crippen molar-refractivity contribution in [2.24, 2.45) is 0 Å². The van der Waals surface area contributed by atoms with Crippen LogP contribution < -0.4 is 91.2 Å². The highest BCUT2D eigenvalue weighted by molar-refractivity contribution is 8.00. The molecule has 0 N–H and O–H groups in total. The van der Waals surface area contributed by atoms with Gasteiger partial charge in [-0.1, -0.05) is 371 Å². The maximum absolute atomic E-state index is 15.0. The van der Waals surface area contributed by atoms with Gasteiger partial charge in [-0.25, -0.2) is 0 Å². The SMILES string of the molecule is CC(C)c1cc(C(C)C)c(B2c3ccccc3Oc3c2cc2c(=O)c4ccccc4n4c5ccccc5c(=O)c3c24)c(C(C)C)c1.CC(C)c1cc(C(C)C)c(B2c3ccccc3Sc3c2cc2c(=O)c4ccccc4n4c5ccccc5c(=O)c3c24)c(C(C)C)c1.O=c1c2ccccc2n2c3ccccc3c(=O)c3c4c(cc1c32)B(c1c(-c2ccccc2)cc(-c2ccccc2)cc1-c1ccccc1)c1ccccc1O4. The van der Waals surface area contributed by atoms with Crippen molar-refractivity contribution in [3.63, 3.8) is 0 Å². The van der Waals surface area contributed by atoms with Crippen molar-refractivity contribution >= 4 is 195 Å². The molecule has 0 saturated carbocycles. The minimum absolute atomic E-state index is 0.0129. The number of hydrogen-bond acceptors (Lipinski definition) is 9. The zero-order valence-electron chi connectivity index (χ0n) is 83.9. The lowest BCUT2D eigenvalue weighted by Crippen LogP contribution is -2.58. The van der Waals surface area contributed by atoms with Gasteiger partial charge >= 0.3 is 0 Å². The number of hydrogen-bond donors (Lipinski definition) is 0. The van der Waals surface area contributed by atoms with Gasteiger partial charge in [0.1, 0.15) is 23.0 Å². The zero-order chi connectivity index (χ0) is 101. The Hall–Kier alpha value is -16.5. The van der Waals surface area contributed by atoms with Crippen molar-refractivity contribution in [3.8, 4) is 56.4 Å². The first-order valence-electron chi connectivity index (χ1n) is 51.3. The summed E-state index contributed by atoms with van der Waals surface area (Å²) in [7, 11) is 0. The predicted octanol–water partition coefficient (Wildman–Crippen LogP) is 24.6. The van der Waals surface area contributed by atoms with Crippen molar-refractivity contribution in [1.29, 1.82) is 0 Å². The molecular formula is C132H102B3N3O8S. The summed E-state index contributed by atoms with van der Waals surface area (Å²) in [6.07, 6.45) is 0. The number of nitrogens with zero attached hydrogens (tertiary/aromatic N) is 3. The Bertz CT molecular complexity index is 9550. The van der Waals surface area contributed by atoms with E-state index in [2.05, 4.69) is 254 Å². The molecule has 0 aliphatic carbocycles. The highest BCUT2D eigenvalue weighted by Crippen LogP contribution is 2.45. The van der Waals surface area contributed by atoms with Crippen molar-refractivity contribution in [3.05, 3.63) is 459 Å². The van der Waals surface area contributed by atoms with Crippen LogP contribution in [0.4, 0.5) is 0 Å². The van der Waals surface area contributed by atoms with E-state index in [0.717, 1.165) is 120 Å². The Morgan fingerprint density at radius 3 is 0.864 bits per heavy atom. The van der Waals surface area contributed by atoms with Crippen LogP contribution in [0.25, 0.3) is 148 Å². The highest BCUT2D eigenvalue weighted by Gasteiger charge is 2.44. The van der Waals surface area contributed by atoms with Crippen molar-refractivity contribution in [1.82, 2.24) is 13.2 Å². The molecule has 24 aromatic rings. The van der Waals surface area contributed by atoms with Crippen molar-refractivity contribution < 1.29 is 9.47 Å². The molecule has 0 unspecified atom stereocenters. The smallest absolute Gasteiger partial charge is 0.252 e. The Morgan fingerprint density at radius 2 is 0.510 bits per heavy atom. The second kappa shape index (κ2) is 35.8. The molecule has 9 heterocycles. The minimum Gasteiger partial charge on any atom is -0.458 e. The number of aromatic nitrogens is 3. The lowest BCUT2D eigenvalue weighted by Gasteiger charge is -2.33. The van der Waals surface area contributed by atoms with Gasteiger partial charge < -0.3 is 22.7 Å². The third-order valence-electron chi connectivity index (χ3n) is 31.2. The predicted molar refractivity (Wildman–Crippen MR) is 619 cm³/mol. The molecule has 18 aromatic carbocycles. The van der Waals surface area contributed by atoms with Crippen LogP contribution >= 0.6 is 11.8 Å². The van der Waals surface area contributed by atoms with Gasteiger partial charge in [0.2, 0.25) is 17.6 Å². The second-order valence-corrected chi connectivity index (χ2v) is 42.8. The van der Waals surface area contributed by atoms with Crippen LogP contribution in [0.15, 0.2) is 403 Å². The molecule has 15 heteroatoms. The van der Waals surface area contributed by atoms with E-state index in [1.807, 2.05) is 206 Å². The van der Waals surface area contributed by atoms with Crippen LogP contribution in [-0.2, 0) is 0 Å². The summed E-state index contributed by atoms with van der Waals surface area (Å²) in [4.78, 5) is 90.1. The fourth-order valence-corrected chi connectivity index (χ4v) is 25.6. The first-order valence-corrected chi connectivity index (χ1v) is 52.2. The fraction of sp³-hybridized carbons (Fsp3) is 0.136. The molecule has 0 amide bonds. The summed E-state index contributed by atoms with van der Waals surface area (Å²) in [6.45, 7) is 26.5. The number of ether oxygens (including phenoxy) is 2. The van der Waals surface area contributed by atoms with E-state index in [0.29, 0.717) is 117 Å². The number of fused-ring (bicyclic) bond motifs is 21. The molecule has 11 nitrogen and oxygen atoms in total. The van der Waals surface area contributed by atoms with Gasteiger partial charge in [0, 0.05) is 58.3 Å². The molecule has 0 bridgehead atoms. The number of para-hydroxylation sites is 8. The van der Waals surface area contributed by atoms with E-state index in [1.54, 1.807) is 11.8 Å². The Morgan fingerprint density at radius 1 is 0.231 bits per heavy atom. The van der Waals surface area contributed by atoms with Gasteiger partial charge in [-0.3, -0.25) is 28.8 Å². The largest absolute Gasteiger partial charge is 0.458 e. The maximum Gasteiger partial charge on any atom is 0.252 e. The van der Waals surface area contributed by atoms with Crippen LogP contribution in [0, 0.1) is 0 Å². The molecule has 3 aliphatic heterocycles. The van der Waals surface area contributed by atoms with Gasteiger partial charge in [0.05, 0.1) is 65.8 Å². The molecule has 27 rings (SSSR count). The van der Waals surface area contributed by atoms with Crippen LogP contribution in [-0.4, -0.2) is 33.3 Å². The monoisotopic (exact) mass is 1920 g/mol. The Balaban J connectivity index is 0.000000115. The molecule has 3 aliphatic rings. The normalized spacial score (nSPS) is 12.8. The van der Waals surface area contributed by atoms with Gasteiger partial charge in [0.15, 0.2) is 21.7 Å². The Labute approximate surface area is 855 Å². The summed E-state index contributed by atoms with van der Waals surface area (Å²) in [6, 6.07) is 123. The van der Waals surface area contributed by atoms with Crippen LogP contribution in [0.3, 0.4) is 0 Å². The minimum atomic E-state index is -0.403. The summed E-state index contributed by atoms with van der Waals surface area (Å²) in [5.74, 6) is 4.38. The van der Waals surface area contributed by atoms with E-state index in [4.69, 9.17) is 9.47 Å². The topological polar surface area (TPSA) is 134 Å². The summed E-state index contributed by atoms with van der Waals surface area (Å²) in [5.41, 5.74) is 30.2. The molecule has 6 aromatic heterocycles. The van der Waals surface area contributed by atoms with Gasteiger partial charge in [-0.05, 0) is 239 Å². The molecule has 0 saturated heterocycles. The molecule has 0 fully saturated rings. The third kappa shape index (κ3) is 14.4. The van der Waals surface area contributed by atoms with Crippen LogP contribution in [0.5, 0.6) is 23.0 Å². The zero-order valence-corrected chi connectivity index (χ0v) is 84.7. The first kappa shape index (κ1) is 91.7. The quantitative estimate of drug-likeness (QED) is 0.0666. The number of rotatable bonds is 12.